The molecular formula is C16H22N4O. The topological polar surface area (TPSA) is 70.1 Å². The smallest absolute Gasteiger partial charge is 0.163 e. The van der Waals surface area contributed by atoms with E-state index in [0.717, 1.165) is 36.6 Å². The second-order valence-electron chi connectivity index (χ2n) is 5.00. The third-order valence-electron chi connectivity index (χ3n) is 3.12. The van der Waals surface area contributed by atoms with Gasteiger partial charge in [0.1, 0.15) is 11.6 Å². The van der Waals surface area contributed by atoms with Crippen LogP contribution in [-0.4, -0.2) is 34.8 Å². The molecule has 3 N–H and O–H groups in total. The maximum absolute atomic E-state index is 9.26. The highest BCUT2D eigenvalue weighted by Gasteiger charge is 2.06. The van der Waals surface area contributed by atoms with Gasteiger partial charge in [-0.05, 0) is 19.8 Å². The number of hydrogen-bond acceptors (Lipinski definition) is 5. The van der Waals surface area contributed by atoms with Crippen LogP contribution in [0.1, 0.15) is 19.8 Å². The monoisotopic (exact) mass is 286 g/mol. The molecule has 5 heteroatoms. The Labute approximate surface area is 125 Å². The molecule has 0 spiro atoms. The third kappa shape index (κ3) is 4.72. The molecular weight excluding hydrogens is 264 g/mol. The van der Waals surface area contributed by atoms with Crippen molar-refractivity contribution < 1.29 is 5.11 Å². The van der Waals surface area contributed by atoms with Crippen LogP contribution in [-0.2, 0) is 0 Å². The Kier molecular flexibility index (Phi) is 5.51. The molecule has 2 aromatic rings. The first-order valence-corrected chi connectivity index (χ1v) is 7.23. The first-order valence-electron chi connectivity index (χ1n) is 7.23. The Morgan fingerprint density at radius 2 is 1.86 bits per heavy atom. The van der Waals surface area contributed by atoms with Crippen molar-refractivity contribution in [2.24, 2.45) is 0 Å². The minimum Gasteiger partial charge on any atom is -0.393 e. The summed E-state index contributed by atoms with van der Waals surface area (Å²) in [6.45, 7) is 2.58. The van der Waals surface area contributed by atoms with Gasteiger partial charge in [0.05, 0.1) is 6.10 Å². The van der Waals surface area contributed by atoms with E-state index < -0.39 is 0 Å². The lowest BCUT2D eigenvalue weighted by Crippen LogP contribution is -2.09. The van der Waals surface area contributed by atoms with Gasteiger partial charge in [-0.1, -0.05) is 30.3 Å². The third-order valence-corrected chi connectivity index (χ3v) is 3.12. The highest BCUT2D eigenvalue weighted by atomic mass is 16.3. The number of nitrogens with zero attached hydrogens (tertiary/aromatic N) is 2. The molecule has 1 heterocycles. The van der Waals surface area contributed by atoms with Crippen LogP contribution < -0.4 is 10.6 Å². The van der Waals surface area contributed by atoms with Crippen molar-refractivity contribution in [1.82, 2.24) is 9.97 Å². The normalized spacial score (nSPS) is 12.0. The number of anilines is 2. The number of rotatable bonds is 7. The maximum atomic E-state index is 9.26. The summed E-state index contributed by atoms with van der Waals surface area (Å²) in [5.74, 6) is 2.26. The predicted molar refractivity (Wildman–Crippen MR) is 86.4 cm³/mol. The van der Waals surface area contributed by atoms with Gasteiger partial charge in [0.2, 0.25) is 0 Å². The molecule has 0 radical (unpaired) electrons. The van der Waals surface area contributed by atoms with Gasteiger partial charge in [-0.25, -0.2) is 9.97 Å². The quantitative estimate of drug-likeness (QED) is 0.683. The van der Waals surface area contributed by atoms with Crippen LogP contribution in [0.3, 0.4) is 0 Å². The van der Waals surface area contributed by atoms with Crippen molar-refractivity contribution in [1.29, 1.82) is 0 Å². The lowest BCUT2D eigenvalue weighted by molar-refractivity contribution is 0.183. The summed E-state index contributed by atoms with van der Waals surface area (Å²) in [6, 6.07) is 11.8. The van der Waals surface area contributed by atoms with E-state index in [2.05, 4.69) is 20.6 Å². The molecule has 0 saturated heterocycles. The van der Waals surface area contributed by atoms with Gasteiger partial charge in [0.15, 0.2) is 5.82 Å². The van der Waals surface area contributed by atoms with E-state index >= 15 is 0 Å². The molecule has 1 aromatic heterocycles. The fourth-order valence-corrected chi connectivity index (χ4v) is 2.00. The van der Waals surface area contributed by atoms with Crippen molar-refractivity contribution >= 4 is 11.6 Å². The molecule has 5 nitrogen and oxygen atoms in total. The largest absolute Gasteiger partial charge is 0.393 e. The van der Waals surface area contributed by atoms with E-state index in [1.807, 2.05) is 43.4 Å². The lowest BCUT2D eigenvalue weighted by Gasteiger charge is -2.10. The van der Waals surface area contributed by atoms with E-state index in [0.29, 0.717) is 5.82 Å². The summed E-state index contributed by atoms with van der Waals surface area (Å²) in [7, 11) is 1.84. The predicted octanol–water partition coefficient (Wildman–Crippen LogP) is 2.76. The molecule has 2 rings (SSSR count). The molecule has 112 valence electrons. The van der Waals surface area contributed by atoms with Gasteiger partial charge in [-0.3, -0.25) is 0 Å². The molecule has 0 bridgehead atoms. The number of aromatic nitrogens is 2. The SMILES string of the molecule is CNc1cc(NCCCC(C)O)nc(-c2ccccc2)n1. The van der Waals surface area contributed by atoms with Gasteiger partial charge >= 0.3 is 0 Å². The van der Waals surface area contributed by atoms with Crippen molar-refractivity contribution in [3.05, 3.63) is 36.4 Å². The van der Waals surface area contributed by atoms with Gasteiger partial charge in [-0.2, -0.15) is 0 Å². The lowest BCUT2D eigenvalue weighted by atomic mass is 10.2. The molecule has 0 aliphatic rings. The van der Waals surface area contributed by atoms with Crippen molar-refractivity contribution in [3.63, 3.8) is 0 Å². The summed E-state index contributed by atoms with van der Waals surface area (Å²) >= 11 is 0. The van der Waals surface area contributed by atoms with E-state index in [9.17, 15) is 5.11 Å². The van der Waals surface area contributed by atoms with Crippen LogP contribution in [0.2, 0.25) is 0 Å². The molecule has 1 atom stereocenters. The Morgan fingerprint density at radius 3 is 2.52 bits per heavy atom. The van der Waals surface area contributed by atoms with Crippen molar-refractivity contribution in [3.8, 4) is 11.4 Å². The number of hydrogen-bond donors (Lipinski definition) is 3. The zero-order valence-corrected chi connectivity index (χ0v) is 12.5. The zero-order chi connectivity index (χ0) is 15.1. The first-order chi connectivity index (χ1) is 10.2. The van der Waals surface area contributed by atoms with Gasteiger partial charge < -0.3 is 15.7 Å². The van der Waals surface area contributed by atoms with Crippen molar-refractivity contribution in [2.45, 2.75) is 25.9 Å². The first kappa shape index (κ1) is 15.3. The molecule has 0 fully saturated rings. The molecule has 1 aromatic carbocycles. The number of aliphatic hydroxyl groups is 1. The van der Waals surface area contributed by atoms with Gasteiger partial charge in [0, 0.05) is 25.2 Å². The van der Waals surface area contributed by atoms with E-state index in [1.54, 1.807) is 6.92 Å². The minimum absolute atomic E-state index is 0.259. The molecule has 21 heavy (non-hydrogen) atoms. The van der Waals surface area contributed by atoms with Gasteiger partial charge in [-0.15, -0.1) is 0 Å². The second kappa shape index (κ2) is 7.59. The fraction of sp³-hybridized carbons (Fsp3) is 0.375. The Morgan fingerprint density at radius 1 is 1.14 bits per heavy atom. The van der Waals surface area contributed by atoms with Gasteiger partial charge in [0.25, 0.3) is 0 Å². The zero-order valence-electron chi connectivity index (χ0n) is 12.5. The number of aliphatic hydroxyl groups excluding tert-OH is 1. The second-order valence-corrected chi connectivity index (χ2v) is 5.00. The van der Waals surface area contributed by atoms with Crippen molar-refractivity contribution in [2.75, 3.05) is 24.2 Å². The van der Waals surface area contributed by atoms with E-state index in [-0.39, 0.29) is 6.10 Å². The summed E-state index contributed by atoms with van der Waals surface area (Å²) < 4.78 is 0. The highest BCUT2D eigenvalue weighted by Crippen LogP contribution is 2.19. The van der Waals surface area contributed by atoms with Crippen LogP contribution in [0.25, 0.3) is 11.4 Å². The Balaban J connectivity index is 2.11. The van der Waals surface area contributed by atoms with Crippen LogP contribution in [0, 0.1) is 0 Å². The molecule has 0 amide bonds. The summed E-state index contributed by atoms with van der Waals surface area (Å²) in [4.78, 5) is 9.02. The average Bonchev–Trinajstić information content (AvgIpc) is 2.52. The fourth-order valence-electron chi connectivity index (χ4n) is 2.00. The average molecular weight is 286 g/mol. The summed E-state index contributed by atoms with van der Waals surface area (Å²) in [5, 5.41) is 15.6. The number of nitrogens with one attached hydrogen (secondary N) is 2. The summed E-state index contributed by atoms with van der Waals surface area (Å²) in [6.07, 6.45) is 1.42. The van der Waals surface area contributed by atoms with E-state index in [1.165, 1.54) is 0 Å². The number of benzene rings is 1. The van der Waals surface area contributed by atoms with Crippen LogP contribution in [0.4, 0.5) is 11.6 Å². The molecule has 0 aliphatic heterocycles. The molecule has 1 unspecified atom stereocenters. The van der Waals surface area contributed by atoms with Crippen LogP contribution in [0.5, 0.6) is 0 Å². The Hall–Kier alpha value is -2.14. The van der Waals surface area contributed by atoms with Crippen LogP contribution >= 0.6 is 0 Å². The van der Waals surface area contributed by atoms with E-state index in [4.69, 9.17) is 0 Å². The van der Waals surface area contributed by atoms with Crippen LogP contribution in [0.15, 0.2) is 36.4 Å². The standard InChI is InChI=1S/C16H22N4O/c1-12(21)7-6-10-18-15-11-14(17-2)19-16(20-15)13-8-4-3-5-9-13/h3-5,8-9,11-12,21H,6-7,10H2,1-2H3,(H2,17,18,19,20). The Bertz CT molecular complexity index is 557. The maximum Gasteiger partial charge on any atom is 0.163 e. The summed E-state index contributed by atoms with van der Waals surface area (Å²) in [5.41, 5.74) is 0.988. The highest BCUT2D eigenvalue weighted by molar-refractivity contribution is 5.61. The molecule has 0 aliphatic carbocycles. The molecule has 0 saturated carbocycles. The minimum atomic E-state index is -0.259.